The number of halogens is 1. The molecule has 1 fully saturated rings. The quantitative estimate of drug-likeness (QED) is 0.244. The van der Waals surface area contributed by atoms with Gasteiger partial charge in [-0.25, -0.2) is 4.99 Å². The number of nitrogens with one attached hydrogen (secondary N) is 2. The van der Waals surface area contributed by atoms with Gasteiger partial charge in [-0.1, -0.05) is 31.2 Å². The molecular weight excluding hydrogens is 471 g/mol. The van der Waals surface area contributed by atoms with Gasteiger partial charge in [0.05, 0.1) is 32.8 Å². The molecule has 2 rings (SSSR count). The van der Waals surface area contributed by atoms with E-state index >= 15 is 0 Å². The van der Waals surface area contributed by atoms with E-state index in [1.165, 1.54) is 18.2 Å². The molecule has 0 aromatic heterocycles. The molecule has 0 amide bonds. The summed E-state index contributed by atoms with van der Waals surface area (Å²) in [6, 6.07) is 8.41. The van der Waals surface area contributed by atoms with Gasteiger partial charge in [-0.05, 0) is 18.1 Å². The van der Waals surface area contributed by atoms with Crippen molar-refractivity contribution in [3.05, 3.63) is 35.4 Å². The lowest BCUT2D eigenvalue weighted by molar-refractivity contribution is -0.144. The lowest BCUT2D eigenvalue weighted by Gasteiger charge is -2.27. The molecule has 0 saturated carbocycles. The molecule has 0 radical (unpaired) electrons. The number of rotatable bonds is 8. The van der Waals surface area contributed by atoms with Crippen LogP contribution in [0.2, 0.25) is 0 Å². The Kier molecular flexibility index (Phi) is 12.1. The van der Waals surface area contributed by atoms with Crippen LogP contribution in [0.15, 0.2) is 29.3 Å². The topological polar surface area (TPSA) is 75.2 Å². The maximum absolute atomic E-state index is 11.6. The molecule has 1 saturated heterocycles. The zero-order valence-corrected chi connectivity index (χ0v) is 19.4. The highest BCUT2D eigenvalue weighted by molar-refractivity contribution is 14.0. The Bertz CT molecular complexity index is 621. The normalized spacial score (nSPS) is 16.0. The van der Waals surface area contributed by atoms with Gasteiger partial charge in [0, 0.05) is 32.7 Å². The third-order valence-electron chi connectivity index (χ3n) is 4.55. The smallest absolute Gasteiger partial charge is 0.310 e. The first-order valence-corrected chi connectivity index (χ1v) is 9.61. The molecule has 8 heteroatoms. The second kappa shape index (κ2) is 13.7. The fourth-order valence-corrected chi connectivity index (χ4v) is 2.91. The summed E-state index contributed by atoms with van der Waals surface area (Å²) >= 11 is 0. The van der Waals surface area contributed by atoms with Crippen molar-refractivity contribution in [2.45, 2.75) is 26.9 Å². The Hall–Kier alpha value is -1.39. The molecule has 1 aliphatic rings. The fourth-order valence-electron chi connectivity index (χ4n) is 2.91. The average Bonchev–Trinajstić information content (AvgIpc) is 2.71. The maximum Gasteiger partial charge on any atom is 0.310 e. The SMILES string of the molecule is CCNC(=NCc1ccccc1CN1CCOCC1)NCC(C)C(=O)OC.I. The van der Waals surface area contributed by atoms with E-state index in [0.717, 1.165) is 39.4 Å². The van der Waals surface area contributed by atoms with Crippen molar-refractivity contribution in [2.24, 2.45) is 10.9 Å². The number of hydrogen-bond acceptors (Lipinski definition) is 5. The van der Waals surface area contributed by atoms with Gasteiger partial charge in [-0.3, -0.25) is 9.69 Å². The minimum atomic E-state index is -0.229. The molecule has 1 unspecified atom stereocenters. The number of hydrogen-bond donors (Lipinski definition) is 2. The van der Waals surface area contributed by atoms with Gasteiger partial charge in [0.25, 0.3) is 0 Å². The molecule has 0 spiro atoms. The Morgan fingerprint density at radius 1 is 1.25 bits per heavy atom. The average molecular weight is 504 g/mol. The minimum absolute atomic E-state index is 0. The number of guanidine groups is 1. The highest BCUT2D eigenvalue weighted by Gasteiger charge is 2.14. The van der Waals surface area contributed by atoms with E-state index in [-0.39, 0.29) is 35.9 Å². The molecule has 1 aromatic rings. The molecule has 2 N–H and O–H groups in total. The first-order valence-electron chi connectivity index (χ1n) is 9.61. The van der Waals surface area contributed by atoms with E-state index in [9.17, 15) is 4.79 Å². The van der Waals surface area contributed by atoms with E-state index < -0.39 is 0 Å². The predicted molar refractivity (Wildman–Crippen MR) is 122 cm³/mol. The number of ether oxygens (including phenoxy) is 2. The third-order valence-corrected chi connectivity index (χ3v) is 4.55. The van der Waals surface area contributed by atoms with Gasteiger partial charge < -0.3 is 20.1 Å². The zero-order valence-electron chi connectivity index (χ0n) is 17.1. The number of benzene rings is 1. The molecule has 0 bridgehead atoms. The highest BCUT2D eigenvalue weighted by Crippen LogP contribution is 2.14. The Morgan fingerprint density at radius 2 is 1.93 bits per heavy atom. The van der Waals surface area contributed by atoms with Crippen LogP contribution in [0.25, 0.3) is 0 Å². The summed E-state index contributed by atoms with van der Waals surface area (Å²) in [6.07, 6.45) is 0. The second-order valence-electron chi connectivity index (χ2n) is 6.66. The first-order chi connectivity index (χ1) is 13.1. The summed E-state index contributed by atoms with van der Waals surface area (Å²) in [4.78, 5) is 18.7. The number of morpholine rings is 1. The van der Waals surface area contributed by atoms with E-state index in [2.05, 4.69) is 33.7 Å². The van der Waals surface area contributed by atoms with E-state index in [1.807, 2.05) is 19.9 Å². The molecule has 7 nitrogen and oxygen atoms in total. The largest absolute Gasteiger partial charge is 0.469 e. The first kappa shape index (κ1) is 24.6. The summed E-state index contributed by atoms with van der Waals surface area (Å²) in [6.45, 7) is 10.1. The second-order valence-corrected chi connectivity index (χ2v) is 6.66. The van der Waals surface area contributed by atoms with Gasteiger partial charge in [0.15, 0.2) is 5.96 Å². The van der Waals surface area contributed by atoms with Gasteiger partial charge in [-0.2, -0.15) is 0 Å². The molecule has 158 valence electrons. The molecule has 1 aliphatic heterocycles. The molecule has 0 aliphatic carbocycles. The highest BCUT2D eigenvalue weighted by atomic mass is 127. The molecule has 1 heterocycles. The Morgan fingerprint density at radius 3 is 2.57 bits per heavy atom. The monoisotopic (exact) mass is 504 g/mol. The van der Waals surface area contributed by atoms with Gasteiger partial charge >= 0.3 is 5.97 Å². The summed E-state index contributed by atoms with van der Waals surface area (Å²) < 4.78 is 10.2. The summed E-state index contributed by atoms with van der Waals surface area (Å²) in [5, 5.41) is 6.44. The lowest BCUT2D eigenvalue weighted by Crippen LogP contribution is -2.40. The molecule has 1 aromatic carbocycles. The summed E-state index contributed by atoms with van der Waals surface area (Å²) in [7, 11) is 1.41. The Balaban J connectivity index is 0.00000392. The van der Waals surface area contributed by atoms with E-state index in [4.69, 9.17) is 14.5 Å². The van der Waals surface area contributed by atoms with Crippen LogP contribution in [-0.4, -0.2) is 63.3 Å². The third kappa shape index (κ3) is 8.32. The fraction of sp³-hybridized carbons (Fsp3) is 0.600. The number of methoxy groups -OCH3 is 1. The van der Waals surface area contributed by atoms with Crippen molar-refractivity contribution in [1.29, 1.82) is 0 Å². The van der Waals surface area contributed by atoms with Crippen LogP contribution in [0.4, 0.5) is 0 Å². The molecule has 28 heavy (non-hydrogen) atoms. The molecular formula is C20H33IN4O3. The van der Waals surface area contributed by atoms with Crippen molar-refractivity contribution in [1.82, 2.24) is 15.5 Å². The van der Waals surface area contributed by atoms with Crippen LogP contribution in [-0.2, 0) is 27.4 Å². The van der Waals surface area contributed by atoms with E-state index in [1.54, 1.807) is 0 Å². The van der Waals surface area contributed by atoms with Crippen molar-refractivity contribution < 1.29 is 14.3 Å². The molecule has 1 atom stereocenters. The summed E-state index contributed by atoms with van der Waals surface area (Å²) in [5.41, 5.74) is 2.50. The van der Waals surface area contributed by atoms with Crippen molar-refractivity contribution >= 4 is 35.9 Å². The van der Waals surface area contributed by atoms with Gasteiger partial charge in [-0.15, -0.1) is 24.0 Å². The van der Waals surface area contributed by atoms with Crippen LogP contribution in [0.1, 0.15) is 25.0 Å². The van der Waals surface area contributed by atoms with Gasteiger partial charge in [0.1, 0.15) is 0 Å². The lowest BCUT2D eigenvalue weighted by atomic mass is 10.1. The number of carbonyl (C=O) groups excluding carboxylic acids is 1. The van der Waals surface area contributed by atoms with Gasteiger partial charge in [0.2, 0.25) is 0 Å². The van der Waals surface area contributed by atoms with Crippen molar-refractivity contribution in [3.8, 4) is 0 Å². The van der Waals surface area contributed by atoms with Crippen molar-refractivity contribution in [3.63, 3.8) is 0 Å². The van der Waals surface area contributed by atoms with Crippen LogP contribution in [0.3, 0.4) is 0 Å². The van der Waals surface area contributed by atoms with Crippen LogP contribution in [0, 0.1) is 5.92 Å². The predicted octanol–water partition coefficient (Wildman–Crippen LogP) is 2.00. The number of carbonyl (C=O) groups is 1. The van der Waals surface area contributed by atoms with Crippen LogP contribution >= 0.6 is 24.0 Å². The summed E-state index contributed by atoms with van der Waals surface area (Å²) in [5.74, 6) is 0.246. The Labute approximate surface area is 185 Å². The number of aliphatic imine (C=N–C) groups is 1. The maximum atomic E-state index is 11.6. The van der Waals surface area contributed by atoms with Crippen LogP contribution < -0.4 is 10.6 Å². The number of esters is 1. The standard InChI is InChI=1S/C20H32N4O3.HI/c1-4-21-20(22-13-16(2)19(25)26-3)23-14-17-7-5-6-8-18(17)15-24-9-11-27-12-10-24;/h5-8,16H,4,9-15H2,1-3H3,(H2,21,22,23);1H. The minimum Gasteiger partial charge on any atom is -0.469 e. The zero-order chi connectivity index (χ0) is 19.5. The van der Waals surface area contributed by atoms with E-state index in [0.29, 0.717) is 19.0 Å². The van der Waals surface area contributed by atoms with Crippen molar-refractivity contribution in [2.75, 3.05) is 46.5 Å². The number of nitrogens with zero attached hydrogens (tertiary/aromatic N) is 2. The van der Waals surface area contributed by atoms with Crippen LogP contribution in [0.5, 0.6) is 0 Å².